The fourth-order valence-corrected chi connectivity index (χ4v) is 3.17. The third-order valence-corrected chi connectivity index (χ3v) is 4.61. The van der Waals surface area contributed by atoms with Crippen molar-refractivity contribution in [2.75, 3.05) is 19.8 Å². The molecule has 0 bridgehead atoms. The van der Waals surface area contributed by atoms with Gasteiger partial charge in [-0.05, 0) is 51.7 Å². The number of hydrogen-bond donors (Lipinski definition) is 0. The predicted octanol–water partition coefficient (Wildman–Crippen LogP) is 4.41. The second-order valence-electron chi connectivity index (χ2n) is 6.86. The molecule has 1 aromatic carbocycles. The Morgan fingerprint density at radius 2 is 1.96 bits per heavy atom. The minimum Gasteiger partial charge on any atom is -0.444 e. The van der Waals surface area contributed by atoms with Gasteiger partial charge in [-0.2, -0.15) is 0 Å². The number of carbonyl (C=O) groups excluding carboxylic acids is 1. The van der Waals surface area contributed by atoms with Crippen molar-refractivity contribution in [1.29, 1.82) is 0 Å². The van der Waals surface area contributed by atoms with Crippen LogP contribution in [0.4, 0.5) is 4.79 Å². The Labute approximate surface area is 147 Å². The molecule has 128 valence electrons. The summed E-state index contributed by atoms with van der Waals surface area (Å²) in [6, 6.07) is 8.33. The van der Waals surface area contributed by atoms with Crippen LogP contribution in [0.1, 0.15) is 39.2 Å². The summed E-state index contributed by atoms with van der Waals surface area (Å²) in [5.74, 6) is 0. The van der Waals surface area contributed by atoms with Gasteiger partial charge in [-0.25, -0.2) is 4.79 Å². The smallest absolute Gasteiger partial charge is 0.410 e. The normalized spacial score (nSPS) is 16.2. The molecule has 1 amide bonds. The fraction of sp³-hybridized carbons (Fsp3) is 0.611. The molecule has 5 heteroatoms. The molecular weight excluding hydrogens is 358 g/mol. The Hall–Kier alpha value is -1.07. The van der Waals surface area contributed by atoms with E-state index in [2.05, 4.69) is 22.0 Å². The summed E-state index contributed by atoms with van der Waals surface area (Å²) in [6.07, 6.45) is 2.32. The third kappa shape index (κ3) is 5.81. The molecule has 0 aliphatic carbocycles. The van der Waals surface area contributed by atoms with Crippen LogP contribution in [0.25, 0.3) is 0 Å². The lowest BCUT2D eigenvalue weighted by molar-refractivity contribution is -0.00526. The number of benzene rings is 1. The fourth-order valence-electron chi connectivity index (χ4n) is 2.68. The first-order chi connectivity index (χ1) is 10.9. The maximum atomic E-state index is 12.6. The Morgan fingerprint density at radius 1 is 1.30 bits per heavy atom. The predicted molar refractivity (Wildman–Crippen MR) is 94.6 cm³/mol. The van der Waals surface area contributed by atoms with Gasteiger partial charge in [0.25, 0.3) is 0 Å². The lowest BCUT2D eigenvalue weighted by Gasteiger charge is -2.35. The topological polar surface area (TPSA) is 38.8 Å². The van der Waals surface area contributed by atoms with Crippen molar-refractivity contribution >= 4 is 22.0 Å². The van der Waals surface area contributed by atoms with Gasteiger partial charge in [0, 0.05) is 30.3 Å². The van der Waals surface area contributed by atoms with Crippen LogP contribution in [0.5, 0.6) is 0 Å². The van der Waals surface area contributed by atoms with Crippen molar-refractivity contribution in [1.82, 2.24) is 4.90 Å². The molecule has 0 unspecified atom stereocenters. The number of carbonyl (C=O) groups is 1. The number of hydrogen-bond acceptors (Lipinski definition) is 3. The SMILES string of the molecule is CC(C)(C)OC(=O)N(CCc1ccccc1Br)C1CCOCC1. The lowest BCUT2D eigenvalue weighted by atomic mass is 10.1. The van der Waals surface area contributed by atoms with Crippen molar-refractivity contribution in [2.45, 2.75) is 51.7 Å². The van der Waals surface area contributed by atoms with E-state index in [4.69, 9.17) is 9.47 Å². The van der Waals surface area contributed by atoms with Gasteiger partial charge in [0.2, 0.25) is 0 Å². The molecule has 0 saturated carbocycles. The second kappa shape index (κ2) is 8.15. The first-order valence-electron chi connectivity index (χ1n) is 8.17. The van der Waals surface area contributed by atoms with E-state index in [0.29, 0.717) is 19.8 Å². The van der Waals surface area contributed by atoms with E-state index >= 15 is 0 Å². The molecule has 0 aromatic heterocycles. The van der Waals surface area contributed by atoms with Crippen molar-refractivity contribution in [3.63, 3.8) is 0 Å². The molecule has 0 N–H and O–H groups in total. The van der Waals surface area contributed by atoms with E-state index < -0.39 is 5.60 Å². The standard InChI is InChI=1S/C18H26BrNO3/c1-18(2,3)23-17(21)20(15-9-12-22-13-10-15)11-8-14-6-4-5-7-16(14)19/h4-7,15H,8-13H2,1-3H3. The summed E-state index contributed by atoms with van der Waals surface area (Å²) in [7, 11) is 0. The summed E-state index contributed by atoms with van der Waals surface area (Å²) in [5.41, 5.74) is 0.724. The minimum absolute atomic E-state index is 0.195. The van der Waals surface area contributed by atoms with Gasteiger partial charge in [0.15, 0.2) is 0 Å². The van der Waals surface area contributed by atoms with E-state index in [0.717, 1.165) is 23.7 Å². The second-order valence-corrected chi connectivity index (χ2v) is 7.71. The molecule has 2 rings (SSSR count). The van der Waals surface area contributed by atoms with Crippen LogP contribution in [0, 0.1) is 0 Å². The molecular formula is C18H26BrNO3. The van der Waals surface area contributed by atoms with Crippen molar-refractivity contribution < 1.29 is 14.3 Å². The molecule has 0 radical (unpaired) electrons. The number of amides is 1. The van der Waals surface area contributed by atoms with Crippen molar-refractivity contribution in [2.24, 2.45) is 0 Å². The van der Waals surface area contributed by atoms with Crippen LogP contribution >= 0.6 is 15.9 Å². The Morgan fingerprint density at radius 3 is 2.57 bits per heavy atom. The molecule has 1 aliphatic heterocycles. The molecule has 0 spiro atoms. The molecule has 1 aromatic rings. The van der Waals surface area contributed by atoms with Crippen LogP contribution in [-0.4, -0.2) is 42.4 Å². The number of nitrogens with zero attached hydrogens (tertiary/aromatic N) is 1. The van der Waals surface area contributed by atoms with Crippen LogP contribution in [0.15, 0.2) is 28.7 Å². The van der Waals surface area contributed by atoms with Crippen molar-refractivity contribution in [3.8, 4) is 0 Å². The lowest BCUT2D eigenvalue weighted by Crippen LogP contribution is -2.46. The molecule has 1 saturated heterocycles. The average Bonchev–Trinajstić information content (AvgIpc) is 2.48. The number of rotatable bonds is 4. The maximum absolute atomic E-state index is 12.6. The van der Waals surface area contributed by atoms with E-state index in [-0.39, 0.29) is 12.1 Å². The van der Waals surface area contributed by atoms with Gasteiger partial charge in [-0.15, -0.1) is 0 Å². The number of halogens is 1. The quantitative estimate of drug-likeness (QED) is 0.772. The highest BCUT2D eigenvalue weighted by Crippen LogP contribution is 2.21. The van der Waals surface area contributed by atoms with Gasteiger partial charge < -0.3 is 14.4 Å². The van der Waals surface area contributed by atoms with Crippen LogP contribution in [0.3, 0.4) is 0 Å². The van der Waals surface area contributed by atoms with Crippen LogP contribution < -0.4 is 0 Å². The summed E-state index contributed by atoms with van der Waals surface area (Å²) in [5, 5.41) is 0. The summed E-state index contributed by atoms with van der Waals surface area (Å²) in [6.45, 7) is 7.78. The van der Waals surface area contributed by atoms with Gasteiger partial charge in [0.05, 0.1) is 0 Å². The first kappa shape index (κ1) is 18.3. The third-order valence-electron chi connectivity index (χ3n) is 3.84. The van der Waals surface area contributed by atoms with E-state index in [9.17, 15) is 4.79 Å². The highest BCUT2D eigenvalue weighted by Gasteiger charge is 2.29. The highest BCUT2D eigenvalue weighted by atomic mass is 79.9. The Kier molecular flexibility index (Phi) is 6.48. The zero-order valence-corrected chi connectivity index (χ0v) is 15.8. The maximum Gasteiger partial charge on any atom is 0.410 e. The minimum atomic E-state index is -0.478. The molecule has 0 atom stereocenters. The van der Waals surface area contributed by atoms with Gasteiger partial charge >= 0.3 is 6.09 Å². The monoisotopic (exact) mass is 383 g/mol. The molecule has 23 heavy (non-hydrogen) atoms. The van der Waals surface area contributed by atoms with Crippen molar-refractivity contribution in [3.05, 3.63) is 34.3 Å². The van der Waals surface area contributed by atoms with Gasteiger partial charge in [0.1, 0.15) is 5.60 Å². The van der Waals surface area contributed by atoms with Gasteiger partial charge in [-0.3, -0.25) is 0 Å². The zero-order chi connectivity index (χ0) is 16.9. The average molecular weight is 384 g/mol. The highest BCUT2D eigenvalue weighted by molar-refractivity contribution is 9.10. The summed E-state index contributed by atoms with van der Waals surface area (Å²) < 4.78 is 12.1. The van der Waals surface area contributed by atoms with Crippen LogP contribution in [0.2, 0.25) is 0 Å². The van der Waals surface area contributed by atoms with Crippen LogP contribution in [-0.2, 0) is 15.9 Å². The molecule has 1 fully saturated rings. The Bertz CT molecular complexity index is 521. The summed E-state index contributed by atoms with van der Waals surface area (Å²) >= 11 is 3.57. The largest absolute Gasteiger partial charge is 0.444 e. The zero-order valence-electron chi connectivity index (χ0n) is 14.2. The summed E-state index contributed by atoms with van der Waals surface area (Å²) in [4.78, 5) is 14.5. The van der Waals surface area contributed by atoms with E-state index in [1.807, 2.05) is 43.9 Å². The van der Waals surface area contributed by atoms with Gasteiger partial charge in [-0.1, -0.05) is 34.1 Å². The Balaban J connectivity index is 2.06. The first-order valence-corrected chi connectivity index (χ1v) is 8.97. The molecule has 4 nitrogen and oxygen atoms in total. The van der Waals surface area contributed by atoms with E-state index in [1.165, 1.54) is 5.56 Å². The number of ether oxygens (including phenoxy) is 2. The molecule has 1 heterocycles. The van der Waals surface area contributed by atoms with E-state index in [1.54, 1.807) is 0 Å². The molecule has 1 aliphatic rings.